The molecule has 0 atom stereocenters. The van der Waals surface area contributed by atoms with E-state index in [9.17, 15) is 22.8 Å². The summed E-state index contributed by atoms with van der Waals surface area (Å²) in [5, 5.41) is 11.3. The van der Waals surface area contributed by atoms with Crippen LogP contribution in [0.15, 0.2) is 60.3 Å². The van der Waals surface area contributed by atoms with E-state index in [-0.39, 0.29) is 18.0 Å². The van der Waals surface area contributed by atoms with Gasteiger partial charge in [0, 0.05) is 6.08 Å². The van der Waals surface area contributed by atoms with E-state index in [1.165, 1.54) is 6.07 Å². The van der Waals surface area contributed by atoms with E-state index >= 15 is 0 Å². The van der Waals surface area contributed by atoms with Crippen LogP contribution in [0.3, 0.4) is 0 Å². The van der Waals surface area contributed by atoms with Gasteiger partial charge >= 0.3 is 6.18 Å². The van der Waals surface area contributed by atoms with Gasteiger partial charge in [0.25, 0.3) is 11.8 Å². The summed E-state index contributed by atoms with van der Waals surface area (Å²) in [4.78, 5) is 24.6. The first-order valence-corrected chi connectivity index (χ1v) is 8.19. The molecule has 2 N–H and O–H groups in total. The van der Waals surface area contributed by atoms with E-state index in [0.717, 1.165) is 23.1 Å². The average molecular weight is 392 g/mol. The maximum atomic E-state index is 13.5. The number of alkyl halides is 3. The van der Waals surface area contributed by atoms with Crippen LogP contribution in [0, 0.1) is 0 Å². The van der Waals surface area contributed by atoms with E-state index in [1.807, 2.05) is 0 Å². The Labute approximate surface area is 157 Å². The van der Waals surface area contributed by atoms with Gasteiger partial charge in [0.2, 0.25) is 0 Å². The first kappa shape index (κ1) is 19.4. The molecule has 1 aliphatic rings. The number of hydrogen-bond acceptors (Lipinski definition) is 5. The van der Waals surface area contributed by atoms with Crippen molar-refractivity contribution in [2.24, 2.45) is 0 Å². The van der Waals surface area contributed by atoms with Crippen molar-refractivity contribution in [2.75, 3.05) is 18.5 Å². The second-order valence-electron chi connectivity index (χ2n) is 5.82. The van der Waals surface area contributed by atoms with Crippen molar-refractivity contribution >= 4 is 17.5 Å². The Balaban J connectivity index is 1.88. The Morgan fingerprint density at radius 2 is 1.75 bits per heavy atom. The number of ether oxygens (including phenoxy) is 1. The molecular formula is C19H15F3N2O4. The van der Waals surface area contributed by atoms with Gasteiger partial charge in [-0.1, -0.05) is 18.2 Å². The molecular weight excluding hydrogens is 377 g/mol. The lowest BCUT2D eigenvalue weighted by atomic mass is 10.1. The minimum atomic E-state index is -4.73. The molecule has 9 heteroatoms. The highest BCUT2D eigenvalue weighted by atomic mass is 19.4. The molecule has 6 nitrogen and oxygen atoms in total. The lowest BCUT2D eigenvalue weighted by molar-refractivity contribution is -0.138. The van der Waals surface area contributed by atoms with Gasteiger partial charge in [0.1, 0.15) is 17.2 Å². The summed E-state index contributed by atoms with van der Waals surface area (Å²) in [5.74, 6) is -1.18. The zero-order valence-corrected chi connectivity index (χ0v) is 14.4. The van der Waals surface area contributed by atoms with Crippen LogP contribution >= 0.6 is 0 Å². The highest BCUT2D eigenvalue weighted by Gasteiger charge is 2.36. The molecule has 0 unspecified atom stereocenters. The highest BCUT2D eigenvalue weighted by molar-refractivity contribution is 6.17. The van der Waals surface area contributed by atoms with E-state index < -0.39 is 35.8 Å². The molecule has 2 amide bonds. The fourth-order valence-corrected chi connectivity index (χ4v) is 2.61. The minimum Gasteiger partial charge on any atom is -0.457 e. The SMILES string of the molecule is O=C1C=C(Nc2ccc(Oc3ccccc3)cc2C(F)(F)F)C(=O)N1CCO. The Kier molecular flexibility index (Phi) is 5.36. The fourth-order valence-electron chi connectivity index (χ4n) is 2.61. The summed E-state index contributed by atoms with van der Waals surface area (Å²) < 4.78 is 45.9. The molecule has 0 saturated carbocycles. The molecule has 146 valence electrons. The van der Waals surface area contributed by atoms with Gasteiger partial charge in [0.15, 0.2) is 0 Å². The van der Waals surface area contributed by atoms with Gasteiger partial charge in [-0.2, -0.15) is 13.2 Å². The molecule has 2 aromatic rings. The third-order valence-electron chi connectivity index (χ3n) is 3.88. The van der Waals surface area contributed by atoms with Crippen molar-refractivity contribution in [2.45, 2.75) is 6.18 Å². The summed E-state index contributed by atoms with van der Waals surface area (Å²) in [6, 6.07) is 11.6. The number of benzene rings is 2. The first-order valence-electron chi connectivity index (χ1n) is 8.19. The Morgan fingerprint density at radius 3 is 2.39 bits per heavy atom. The Bertz CT molecular complexity index is 927. The number of rotatable bonds is 6. The van der Waals surface area contributed by atoms with Gasteiger partial charge in [-0.15, -0.1) is 0 Å². The summed E-state index contributed by atoms with van der Waals surface area (Å²) in [6.07, 6.45) is -3.83. The second kappa shape index (κ2) is 7.73. The maximum absolute atomic E-state index is 13.5. The van der Waals surface area contributed by atoms with E-state index in [4.69, 9.17) is 9.84 Å². The Morgan fingerprint density at radius 1 is 1.04 bits per heavy atom. The fraction of sp³-hybridized carbons (Fsp3) is 0.158. The number of nitrogens with one attached hydrogen (secondary N) is 1. The van der Waals surface area contributed by atoms with E-state index in [2.05, 4.69) is 5.32 Å². The summed E-state index contributed by atoms with van der Waals surface area (Å²) in [5.41, 5.74) is -1.76. The third kappa shape index (κ3) is 4.15. The highest BCUT2D eigenvalue weighted by Crippen LogP contribution is 2.38. The molecule has 0 radical (unpaired) electrons. The molecule has 0 aromatic heterocycles. The number of anilines is 1. The van der Waals surface area contributed by atoms with Crippen LogP contribution in [0.5, 0.6) is 11.5 Å². The molecule has 2 aromatic carbocycles. The van der Waals surface area contributed by atoms with Gasteiger partial charge in [-0.05, 0) is 30.3 Å². The molecule has 0 bridgehead atoms. The van der Waals surface area contributed by atoms with Crippen LogP contribution in [-0.4, -0.2) is 35.0 Å². The first-order chi connectivity index (χ1) is 13.3. The Hall–Kier alpha value is -3.33. The zero-order valence-electron chi connectivity index (χ0n) is 14.4. The second-order valence-corrected chi connectivity index (χ2v) is 5.82. The number of aliphatic hydroxyl groups excluding tert-OH is 1. The van der Waals surface area contributed by atoms with Gasteiger partial charge in [0.05, 0.1) is 24.4 Å². The van der Waals surface area contributed by atoms with Crippen molar-refractivity contribution in [3.05, 3.63) is 65.9 Å². The smallest absolute Gasteiger partial charge is 0.418 e. The number of aliphatic hydroxyl groups is 1. The maximum Gasteiger partial charge on any atom is 0.418 e. The standard InChI is InChI=1S/C19H15F3N2O4/c20-19(21,22)14-10-13(28-12-4-2-1-3-5-12)6-7-15(14)23-16-11-17(26)24(8-9-25)18(16)27/h1-7,10-11,23,25H,8-9H2. The zero-order chi connectivity index (χ0) is 20.3. The van der Waals surface area contributed by atoms with E-state index in [1.54, 1.807) is 30.3 Å². The van der Waals surface area contributed by atoms with E-state index in [0.29, 0.717) is 5.75 Å². The van der Waals surface area contributed by atoms with Crippen LogP contribution in [0.25, 0.3) is 0 Å². The minimum absolute atomic E-state index is 0.0335. The molecule has 3 rings (SSSR count). The predicted octanol–water partition coefficient (Wildman–Crippen LogP) is 3.15. The van der Waals surface area contributed by atoms with Crippen molar-refractivity contribution in [1.82, 2.24) is 4.90 Å². The number of β-amino-alcohol motifs (C(OH)–C–C–N with tert-alkyl or cyclic N) is 1. The lowest BCUT2D eigenvalue weighted by Gasteiger charge is -2.17. The molecule has 1 aliphatic heterocycles. The lowest BCUT2D eigenvalue weighted by Crippen LogP contribution is -2.34. The van der Waals surface area contributed by atoms with Crippen LogP contribution in [0.1, 0.15) is 5.56 Å². The molecule has 0 saturated heterocycles. The van der Waals surface area contributed by atoms with Crippen LogP contribution in [-0.2, 0) is 15.8 Å². The number of imide groups is 1. The number of carbonyl (C=O) groups is 2. The normalized spacial score (nSPS) is 14.3. The average Bonchev–Trinajstić information content (AvgIpc) is 2.91. The largest absolute Gasteiger partial charge is 0.457 e. The number of amides is 2. The molecule has 28 heavy (non-hydrogen) atoms. The van der Waals surface area contributed by atoms with Crippen molar-refractivity contribution in [1.29, 1.82) is 0 Å². The topological polar surface area (TPSA) is 78.9 Å². The predicted molar refractivity (Wildman–Crippen MR) is 93.5 cm³/mol. The number of carbonyl (C=O) groups excluding carboxylic acids is 2. The summed E-state index contributed by atoms with van der Waals surface area (Å²) in [7, 11) is 0. The monoisotopic (exact) mass is 392 g/mol. The third-order valence-corrected chi connectivity index (χ3v) is 3.88. The number of nitrogens with zero attached hydrogens (tertiary/aromatic N) is 1. The van der Waals surface area contributed by atoms with Gasteiger partial charge in [-0.25, -0.2) is 0 Å². The van der Waals surface area contributed by atoms with Crippen molar-refractivity contribution < 1.29 is 32.6 Å². The van der Waals surface area contributed by atoms with Crippen molar-refractivity contribution in [3.63, 3.8) is 0 Å². The van der Waals surface area contributed by atoms with Crippen LogP contribution in [0.2, 0.25) is 0 Å². The number of halogens is 3. The van der Waals surface area contributed by atoms with Gasteiger partial charge in [-0.3, -0.25) is 14.5 Å². The molecule has 0 spiro atoms. The number of para-hydroxylation sites is 1. The van der Waals surface area contributed by atoms with Crippen LogP contribution in [0.4, 0.5) is 18.9 Å². The quantitative estimate of drug-likeness (QED) is 0.739. The molecule has 1 heterocycles. The summed E-state index contributed by atoms with van der Waals surface area (Å²) >= 11 is 0. The van der Waals surface area contributed by atoms with Crippen LogP contribution < -0.4 is 10.1 Å². The van der Waals surface area contributed by atoms with Gasteiger partial charge < -0.3 is 15.2 Å². The molecule has 0 aliphatic carbocycles. The summed E-state index contributed by atoms with van der Waals surface area (Å²) in [6.45, 7) is -0.687. The number of hydrogen-bond donors (Lipinski definition) is 2. The van der Waals surface area contributed by atoms with Crippen molar-refractivity contribution in [3.8, 4) is 11.5 Å². The molecule has 0 fully saturated rings.